The number of likely N-dealkylation sites (tertiary alicyclic amines) is 2. The Morgan fingerprint density at radius 1 is 0.786 bits per heavy atom. The number of ether oxygens (including phenoxy) is 2. The van der Waals surface area contributed by atoms with Gasteiger partial charge in [0.1, 0.15) is 35.4 Å². The quantitative estimate of drug-likeness (QED) is 0.118. The number of aromatic nitrogens is 4. The van der Waals surface area contributed by atoms with E-state index >= 15 is 8.78 Å². The summed E-state index contributed by atoms with van der Waals surface area (Å²) >= 11 is 0. The van der Waals surface area contributed by atoms with Gasteiger partial charge >= 0.3 is 12.2 Å². The summed E-state index contributed by atoms with van der Waals surface area (Å²) in [5, 5.41) is 14.2. The van der Waals surface area contributed by atoms with E-state index in [1.54, 1.807) is 41.0 Å². The van der Waals surface area contributed by atoms with E-state index in [0.717, 1.165) is 6.42 Å². The number of benzene rings is 2. The molecular weight excluding hydrogens is 730 g/mol. The van der Waals surface area contributed by atoms with E-state index in [1.807, 2.05) is 13.8 Å². The highest BCUT2D eigenvalue weighted by Crippen LogP contribution is 2.36. The summed E-state index contributed by atoms with van der Waals surface area (Å²) in [7, 11) is 2.63. The highest BCUT2D eigenvalue weighted by molar-refractivity contribution is 5.87. The van der Waals surface area contributed by atoms with Gasteiger partial charge in [0, 0.05) is 31.3 Å². The van der Waals surface area contributed by atoms with Crippen LogP contribution < -0.4 is 10.6 Å². The molecule has 4 heterocycles. The zero-order valence-corrected chi connectivity index (χ0v) is 31.8. The third-order valence-electron chi connectivity index (χ3n) is 10.5. The molecule has 4 aromatic rings. The van der Waals surface area contributed by atoms with E-state index in [1.165, 1.54) is 38.7 Å². The SMILES string of the molecule is COC(=O)N[C@H](C(=O)N1CCC[C@H]1c1ncc(-c2ccc(-c3ccc(-c4cnc([C@@H]5CCCN5C(=O)[C@@H](NC(=O)O)[C@@H](C)OC)[nH]4)c(F)c3)cc2F)[nH]1)C(C)C. The molecule has 2 aliphatic heterocycles. The molecular formula is C39H46F2N8O7. The van der Waals surface area contributed by atoms with Gasteiger partial charge in [-0.25, -0.2) is 28.3 Å². The lowest BCUT2D eigenvalue weighted by Crippen LogP contribution is -2.53. The molecule has 5 N–H and O–H groups in total. The number of aromatic amines is 2. The number of imidazole rings is 2. The Hall–Kier alpha value is -5.84. The van der Waals surface area contributed by atoms with Crippen LogP contribution >= 0.6 is 0 Å². The Labute approximate surface area is 322 Å². The maximum atomic E-state index is 15.7. The highest BCUT2D eigenvalue weighted by Gasteiger charge is 2.39. The second-order valence-electron chi connectivity index (χ2n) is 14.4. The van der Waals surface area contributed by atoms with Crippen molar-refractivity contribution in [2.75, 3.05) is 27.3 Å². The average molecular weight is 777 g/mol. The molecule has 0 radical (unpaired) electrons. The summed E-state index contributed by atoms with van der Waals surface area (Å²) in [6.07, 6.45) is 2.88. The summed E-state index contributed by atoms with van der Waals surface area (Å²) in [6.45, 7) is 6.15. The third kappa shape index (κ3) is 8.22. The number of carbonyl (C=O) groups excluding carboxylic acids is 3. The molecule has 56 heavy (non-hydrogen) atoms. The van der Waals surface area contributed by atoms with E-state index in [-0.39, 0.29) is 29.0 Å². The Morgan fingerprint density at radius 3 is 1.68 bits per heavy atom. The van der Waals surface area contributed by atoms with Crippen molar-refractivity contribution in [3.8, 4) is 33.6 Å². The molecule has 0 unspecified atom stereocenters. The monoisotopic (exact) mass is 776 g/mol. The molecule has 17 heteroatoms. The predicted molar refractivity (Wildman–Crippen MR) is 200 cm³/mol. The van der Waals surface area contributed by atoms with Crippen molar-refractivity contribution < 1.29 is 42.5 Å². The smallest absolute Gasteiger partial charge is 0.407 e. The summed E-state index contributed by atoms with van der Waals surface area (Å²) < 4.78 is 41.3. The van der Waals surface area contributed by atoms with Gasteiger partial charge in [-0.2, -0.15) is 0 Å². The number of nitrogens with one attached hydrogen (secondary N) is 4. The van der Waals surface area contributed by atoms with Crippen molar-refractivity contribution in [1.29, 1.82) is 0 Å². The van der Waals surface area contributed by atoms with Gasteiger partial charge in [-0.3, -0.25) is 9.59 Å². The topological polar surface area (TPSA) is 195 Å². The molecule has 0 saturated carbocycles. The molecule has 4 amide bonds. The van der Waals surface area contributed by atoms with Gasteiger partial charge in [-0.05, 0) is 73.9 Å². The van der Waals surface area contributed by atoms with Crippen molar-refractivity contribution in [2.24, 2.45) is 5.92 Å². The molecule has 2 aliphatic rings. The second kappa shape index (κ2) is 16.9. The molecule has 5 atom stereocenters. The Morgan fingerprint density at radius 2 is 1.27 bits per heavy atom. The predicted octanol–water partition coefficient (Wildman–Crippen LogP) is 5.79. The highest BCUT2D eigenvalue weighted by atomic mass is 19.1. The lowest BCUT2D eigenvalue weighted by molar-refractivity contribution is -0.137. The van der Waals surface area contributed by atoms with Crippen molar-refractivity contribution in [3.05, 3.63) is 72.1 Å². The zero-order valence-electron chi connectivity index (χ0n) is 31.8. The van der Waals surface area contributed by atoms with Gasteiger partial charge in [0.2, 0.25) is 11.8 Å². The molecule has 2 aromatic heterocycles. The second-order valence-corrected chi connectivity index (χ2v) is 14.4. The fraction of sp³-hybridized carbons (Fsp3) is 0.436. The molecule has 15 nitrogen and oxygen atoms in total. The minimum Gasteiger partial charge on any atom is -0.465 e. The number of rotatable bonds is 12. The lowest BCUT2D eigenvalue weighted by Gasteiger charge is -2.30. The van der Waals surface area contributed by atoms with Crippen LogP contribution in [0.4, 0.5) is 18.4 Å². The molecule has 0 spiro atoms. The van der Waals surface area contributed by atoms with E-state index < -0.39 is 54.0 Å². The van der Waals surface area contributed by atoms with Gasteiger partial charge in [0.15, 0.2) is 0 Å². The van der Waals surface area contributed by atoms with Crippen molar-refractivity contribution >= 4 is 24.0 Å². The van der Waals surface area contributed by atoms with Crippen LogP contribution in [0.1, 0.15) is 70.2 Å². The molecule has 0 aliphatic carbocycles. The third-order valence-corrected chi connectivity index (χ3v) is 10.5. The Balaban J connectivity index is 1.16. The fourth-order valence-electron chi connectivity index (χ4n) is 7.45. The Kier molecular flexibility index (Phi) is 12.0. The summed E-state index contributed by atoms with van der Waals surface area (Å²) in [5.41, 5.74) is 2.16. The van der Waals surface area contributed by atoms with E-state index in [0.29, 0.717) is 66.5 Å². The molecule has 2 aromatic carbocycles. The van der Waals surface area contributed by atoms with Crippen molar-refractivity contribution in [3.63, 3.8) is 0 Å². The van der Waals surface area contributed by atoms with Gasteiger partial charge < -0.3 is 45.0 Å². The lowest BCUT2D eigenvalue weighted by atomic mass is 10.00. The Bertz CT molecular complexity index is 2090. The number of H-pyrrole nitrogens is 2. The largest absolute Gasteiger partial charge is 0.465 e. The number of alkyl carbamates (subject to hydrolysis) is 1. The molecule has 2 fully saturated rings. The first-order chi connectivity index (χ1) is 26.8. The number of amides is 4. The number of carbonyl (C=O) groups is 4. The number of halogens is 2. The molecule has 0 bridgehead atoms. The number of methoxy groups -OCH3 is 2. The normalized spacial score (nSPS) is 18.5. The van der Waals surface area contributed by atoms with Crippen LogP contribution in [0, 0.1) is 17.6 Å². The first kappa shape index (κ1) is 39.8. The number of hydrogen-bond donors (Lipinski definition) is 5. The van der Waals surface area contributed by atoms with Crippen LogP contribution in [0.15, 0.2) is 48.8 Å². The fourth-order valence-corrected chi connectivity index (χ4v) is 7.45. The molecule has 298 valence electrons. The number of hydrogen-bond acceptors (Lipinski definition) is 8. The standard InChI is InChI=1S/C39H46F2N8O7/c1-20(2)32(47-39(54)56-5)36(50)48-14-6-8-30(48)34-42-18-28(44-34)24-12-10-22(16-26(24)40)23-11-13-25(27(41)17-23)29-19-43-35(45-29)31-9-7-15-49(31)37(51)33(21(3)55-4)46-38(52)53/h10-13,16-21,30-33,46H,6-9,14-15H2,1-5H3,(H,42,44)(H,43,45)(H,47,54)(H,52,53)/t21-,30+,31+,32+,33+/m1/s1. The van der Waals surface area contributed by atoms with Crippen LogP contribution in [0.3, 0.4) is 0 Å². The van der Waals surface area contributed by atoms with Crippen LogP contribution in [-0.2, 0) is 19.1 Å². The first-order valence-electron chi connectivity index (χ1n) is 18.5. The summed E-state index contributed by atoms with van der Waals surface area (Å²) in [6, 6.07) is 6.38. The summed E-state index contributed by atoms with van der Waals surface area (Å²) in [5.74, 6) is -1.07. The van der Waals surface area contributed by atoms with Gasteiger partial charge in [0.05, 0.1) is 49.1 Å². The number of carboxylic acid groups (broad SMARTS) is 1. The van der Waals surface area contributed by atoms with Crippen molar-refractivity contribution in [1.82, 2.24) is 40.4 Å². The van der Waals surface area contributed by atoms with Crippen LogP contribution in [-0.4, -0.2) is 104 Å². The minimum absolute atomic E-state index is 0.187. The summed E-state index contributed by atoms with van der Waals surface area (Å²) in [4.78, 5) is 68.7. The van der Waals surface area contributed by atoms with Crippen LogP contribution in [0.5, 0.6) is 0 Å². The van der Waals surface area contributed by atoms with E-state index in [9.17, 15) is 24.3 Å². The number of nitrogens with zero attached hydrogens (tertiary/aromatic N) is 4. The average Bonchev–Trinajstić information content (AvgIpc) is 4.01. The first-order valence-corrected chi connectivity index (χ1v) is 18.5. The van der Waals surface area contributed by atoms with E-state index in [4.69, 9.17) is 9.47 Å². The minimum atomic E-state index is -1.34. The van der Waals surface area contributed by atoms with Crippen molar-refractivity contribution in [2.45, 2.75) is 76.7 Å². The van der Waals surface area contributed by atoms with Gasteiger partial charge in [-0.1, -0.05) is 26.0 Å². The maximum Gasteiger partial charge on any atom is 0.407 e. The van der Waals surface area contributed by atoms with Crippen LogP contribution in [0.2, 0.25) is 0 Å². The zero-order chi connectivity index (χ0) is 40.3. The molecule has 6 rings (SSSR count). The van der Waals surface area contributed by atoms with E-state index in [2.05, 4.69) is 30.6 Å². The van der Waals surface area contributed by atoms with Crippen LogP contribution in [0.25, 0.3) is 33.6 Å². The molecule has 2 saturated heterocycles. The van der Waals surface area contributed by atoms with Gasteiger partial charge in [-0.15, -0.1) is 0 Å². The van der Waals surface area contributed by atoms with Gasteiger partial charge in [0.25, 0.3) is 0 Å². The maximum absolute atomic E-state index is 15.7.